The third kappa shape index (κ3) is 44.7. The Morgan fingerprint density at radius 2 is 0.961 bits per heavy atom. The molecule has 0 aliphatic heterocycles. The normalized spacial score (nSPS) is 9.98. The molecule has 1 amide bonds. The Labute approximate surface area is 771 Å². The fourth-order valence-corrected chi connectivity index (χ4v) is 11.3. The molecule has 0 aliphatic rings. The average Bonchev–Trinajstić information content (AvgIpc) is 0.793. The number of aryl methyl sites for hydroxylation is 3. The van der Waals surface area contributed by atoms with Gasteiger partial charge in [0.25, 0.3) is 11.5 Å². The third-order valence-corrected chi connectivity index (χ3v) is 18.7. The van der Waals surface area contributed by atoms with Gasteiger partial charge in [-0.15, -0.1) is 29.1 Å². The monoisotopic (exact) mass is 1910 g/mol. The molecule has 7 N–H and O–H groups in total. The van der Waals surface area contributed by atoms with Gasteiger partial charge < -0.3 is 35.4 Å². The number of benzene rings is 1. The number of aromatic amines is 1. The van der Waals surface area contributed by atoms with Crippen LogP contribution in [0.1, 0.15) is 75.7 Å². The number of hydrogen-bond donors (Lipinski definition) is 4. The number of ether oxygens (including phenoxy) is 4. The molecule has 668 valence electrons. The number of nitrogens with zero attached hydrogens (tertiary/aromatic N) is 17. The number of carbonyl (C=O) groups excluding carboxylic acids is 1. The summed E-state index contributed by atoms with van der Waals surface area (Å²) >= 11 is 29.8. The van der Waals surface area contributed by atoms with E-state index >= 15 is 0 Å². The lowest BCUT2D eigenvalue weighted by atomic mass is 10.1. The number of fused-ring (bicyclic) bond motifs is 4. The van der Waals surface area contributed by atoms with Gasteiger partial charge in [0.2, 0.25) is 0 Å². The number of primary amides is 1. The molecule has 1 aromatic carbocycles. The standard InChI is InChI=1S/C11H12N2Si.C10H14N2O3.C10H12N2O2.C9H13NO3S.C8H5ClN2.C8H5N5.C8H7N3.C8H6N2O.C6H3ClN2.C5H10Si.CH3Cl.2CH4.Cl3OP/c1-14(2,3)8-6-11-10(9-12)5-4-7-13-11;1-14-9(15-2)6-8-7(10(11)13)4-3-5-12-8;1-13-10(14-2)6-9-8(7-11)4-3-5-12-9;1-6-4-7(2)9(8(3)5-6)14(11,12)13-10;9-8-6-2-1-4-10-7(6)3-5-11-8;9-13-12-8-6-2-1-4-10-7(6)3-5-11-8;9-8-6-2-1-4-10-7(6)3-5-11-8;11-8-6-2-1-4-9-7(6)3-5-10-8;7-6-5(4-8)2-1-3-9-6;1-5-6(2,3)4;1-2;;;1-5(2,3)4/h4-5,7H,1-3H3;3-5,9H,6H2,1-2H3,(H2,11,13);3-5,10H,6H2,1-2H3;4-5H,10H2,1-3H3;1-5H;1-5H;1-5H,(H2,9,11);1-5H,(H,10,11);1-3H;1H,2-4H3;1H3;2*1H4;. The first-order valence-corrected chi connectivity index (χ1v) is 50.5. The van der Waals surface area contributed by atoms with E-state index in [1.165, 1.54) is 20.6 Å². The predicted molar refractivity (Wildman–Crippen MR) is 513 cm³/mol. The van der Waals surface area contributed by atoms with Crippen molar-refractivity contribution in [1.82, 2.24) is 59.8 Å². The number of nitrogens with one attached hydrogen (secondary N) is 1. The van der Waals surface area contributed by atoms with Crippen molar-refractivity contribution in [3.63, 3.8) is 0 Å². The van der Waals surface area contributed by atoms with Crippen molar-refractivity contribution in [3.05, 3.63) is 295 Å². The number of terminal acetylenes is 1. The Balaban J connectivity index is 0.00000138. The summed E-state index contributed by atoms with van der Waals surface area (Å²) in [6, 6.07) is 45.0. The number of anilines is 1. The number of nitriles is 3. The lowest BCUT2D eigenvalue weighted by Gasteiger charge is -2.13. The van der Waals surface area contributed by atoms with Crippen molar-refractivity contribution in [2.75, 3.05) is 40.6 Å². The minimum Gasteiger partial charge on any atom is -0.383 e. The second-order valence-corrected chi connectivity index (χ2v) is 44.7. The van der Waals surface area contributed by atoms with Crippen LogP contribution in [0.25, 0.3) is 54.1 Å². The summed E-state index contributed by atoms with van der Waals surface area (Å²) < 4.78 is 56.4. The highest BCUT2D eigenvalue weighted by molar-refractivity contribution is 8.24. The van der Waals surface area contributed by atoms with Crippen LogP contribution in [0.5, 0.6) is 0 Å². The van der Waals surface area contributed by atoms with Crippen LogP contribution in [0.3, 0.4) is 0 Å². The number of aromatic nitrogens is 12. The van der Waals surface area contributed by atoms with Crippen molar-refractivity contribution in [3.8, 4) is 41.6 Å². The molecule has 13 aromatic rings. The van der Waals surface area contributed by atoms with E-state index in [1.807, 2.05) is 55.5 Å². The molecule has 127 heavy (non-hydrogen) atoms. The van der Waals surface area contributed by atoms with Crippen LogP contribution in [-0.4, -0.2) is 138 Å². The van der Waals surface area contributed by atoms with E-state index in [9.17, 15) is 22.6 Å². The molecule has 0 aliphatic carbocycles. The summed E-state index contributed by atoms with van der Waals surface area (Å²) in [5, 5.41) is 30.2. The number of azide groups is 1. The number of halogens is 6. The van der Waals surface area contributed by atoms with Gasteiger partial charge >= 0.3 is 15.3 Å². The summed E-state index contributed by atoms with van der Waals surface area (Å²) in [7, 11) is -0.113. The number of carbonyl (C=O) groups is 1. The van der Waals surface area contributed by atoms with Crippen molar-refractivity contribution in [1.29, 1.82) is 15.8 Å². The van der Waals surface area contributed by atoms with Gasteiger partial charge in [0, 0.05) is 143 Å². The molecule has 41 heteroatoms. The van der Waals surface area contributed by atoms with E-state index in [1.54, 1.807) is 193 Å². The molecule has 31 nitrogen and oxygen atoms in total. The molecule has 12 aromatic heterocycles. The second-order valence-electron chi connectivity index (χ2n) is 26.3. The number of alkyl halides is 1. The SMILES string of the molecule is C.C.C#C[Si](C)(C)C.CCl.COC(Cc1ncccc1C#N)OC.COC(Cc1ncccc1C(N)=O)OC.C[Si](C)(C)C#Cc1ncccc1C#N.Cc1cc(C)c(S(=O)(=O)ON)c(C)c1.Clc1nccc2ncccc12.N#Cc1cccnc1Cl.Nc1nccc2ncccc12.O=P(Cl)(Cl)Cl.O=c1[nH]ccc2ncccc12.[N-]=[N+]=Nc1nccc2ncccc12. The Morgan fingerprint density at radius 3 is 1.40 bits per heavy atom. The van der Waals surface area contributed by atoms with Gasteiger partial charge in [-0.25, -0.2) is 19.9 Å². The van der Waals surface area contributed by atoms with E-state index in [-0.39, 0.29) is 36.8 Å². The minimum absolute atomic E-state index is 0. The lowest BCUT2D eigenvalue weighted by Crippen LogP contribution is -2.21. The van der Waals surface area contributed by atoms with Gasteiger partial charge in [-0.1, -0.05) is 101 Å². The fourth-order valence-electron chi connectivity index (χ4n) is 9.41. The van der Waals surface area contributed by atoms with Crippen LogP contribution < -0.4 is 22.9 Å². The number of hydrogen-bond acceptors (Lipinski definition) is 27. The highest BCUT2D eigenvalue weighted by Gasteiger charge is 2.20. The molecule has 0 fully saturated rings. The van der Waals surface area contributed by atoms with Gasteiger partial charge in [0.1, 0.15) is 66.9 Å². The summed E-state index contributed by atoms with van der Waals surface area (Å²) in [4.78, 5) is 71.7. The van der Waals surface area contributed by atoms with Crippen molar-refractivity contribution < 1.29 is 41.0 Å². The Bertz CT molecular complexity index is 6030. The molecule has 12 heterocycles. The van der Waals surface area contributed by atoms with Crippen LogP contribution in [0, 0.1) is 78.2 Å². The highest BCUT2D eigenvalue weighted by Crippen LogP contribution is 2.61. The van der Waals surface area contributed by atoms with Crippen molar-refractivity contribution in [2.24, 2.45) is 16.7 Å². The number of amides is 1. The molecule has 0 saturated heterocycles. The maximum atomic E-state index is 11.4. The third-order valence-electron chi connectivity index (χ3n) is 14.9. The molecular formula is C86H98Cl6N21O10PSSi2. The van der Waals surface area contributed by atoms with E-state index in [4.69, 9.17) is 87.3 Å². The second kappa shape index (κ2) is 61.5. The number of nitrogens with two attached hydrogens (primary N) is 3. The summed E-state index contributed by atoms with van der Waals surface area (Å²) in [6.45, 7) is 18.3. The largest absolute Gasteiger partial charge is 0.383 e. The average molecular weight is 1920 g/mol. The molecule has 0 spiro atoms. The maximum Gasteiger partial charge on any atom is 0.339 e. The highest BCUT2D eigenvalue weighted by atomic mass is 36.0. The number of pyridine rings is 12. The van der Waals surface area contributed by atoms with Crippen LogP contribution in [0.15, 0.2) is 223 Å². The smallest absolute Gasteiger partial charge is 0.339 e. The molecule has 0 saturated carbocycles. The number of methoxy groups -OCH3 is 4. The topological polar surface area (TPSA) is 487 Å². The Kier molecular flexibility index (Phi) is 55.8. The quantitative estimate of drug-likeness (QED) is 0.00843. The Morgan fingerprint density at radius 1 is 0.567 bits per heavy atom. The van der Waals surface area contributed by atoms with Crippen LogP contribution in [0.4, 0.5) is 11.6 Å². The number of rotatable bonds is 12. The van der Waals surface area contributed by atoms with Gasteiger partial charge in [0.15, 0.2) is 12.6 Å². The van der Waals surface area contributed by atoms with Gasteiger partial charge in [-0.3, -0.25) is 49.0 Å². The van der Waals surface area contributed by atoms with Gasteiger partial charge in [-0.05, 0) is 198 Å². The number of H-pyrrole nitrogens is 1. The zero-order valence-corrected chi connectivity index (χ0v) is 78.6. The van der Waals surface area contributed by atoms with Crippen LogP contribution >= 0.6 is 73.7 Å². The van der Waals surface area contributed by atoms with E-state index in [0.29, 0.717) is 85.5 Å². The first-order valence-electron chi connectivity index (χ1n) is 36.2. The Hall–Kier alpha value is -11.9. The predicted octanol–water partition coefficient (Wildman–Crippen LogP) is 19.9. The summed E-state index contributed by atoms with van der Waals surface area (Å²) in [5.74, 6) is 8.12. The minimum atomic E-state index is -3.80. The number of nitrogen functional groups attached to an aromatic ring is 1. The fraction of sp³-hybridized carbons (Fsp3) is 0.233. The van der Waals surface area contributed by atoms with Gasteiger partial charge in [-0.2, -0.15) is 34.4 Å². The maximum absolute atomic E-state index is 11.4. The molecule has 0 unspecified atom stereocenters. The van der Waals surface area contributed by atoms with Crippen molar-refractivity contribution in [2.45, 2.75) is 105 Å². The molecule has 13 rings (SSSR count). The lowest BCUT2D eigenvalue weighted by molar-refractivity contribution is -0.101. The first kappa shape index (κ1) is 115. The summed E-state index contributed by atoms with van der Waals surface area (Å²) in [6.07, 6.45) is 26.5. The zero-order chi connectivity index (χ0) is 93.7. The summed E-state index contributed by atoms with van der Waals surface area (Å²) in [5.41, 5.74) is 34.3. The molecule has 0 radical (unpaired) electrons. The van der Waals surface area contributed by atoms with E-state index in [0.717, 1.165) is 43.8 Å². The van der Waals surface area contributed by atoms with E-state index in [2.05, 4.69) is 188 Å². The van der Waals surface area contributed by atoms with Crippen molar-refractivity contribution >= 4 is 161 Å². The molecule has 0 atom stereocenters. The zero-order valence-electron chi connectivity index (χ0n) is 70.3. The van der Waals surface area contributed by atoms with Crippen LogP contribution in [-0.2, 0) is 50.8 Å². The van der Waals surface area contributed by atoms with Gasteiger partial charge in [0.05, 0.1) is 61.1 Å². The molecular weight excluding hydrogens is 1820 g/mol. The first-order chi connectivity index (χ1) is 59.4. The molecule has 0 bridgehead atoms. The van der Waals surface area contributed by atoms with Crippen LogP contribution in [0.2, 0.25) is 49.6 Å². The van der Waals surface area contributed by atoms with E-state index < -0.39 is 43.7 Å².